The molecule has 1 amide bonds. The summed E-state index contributed by atoms with van der Waals surface area (Å²) in [6.45, 7) is 4.85. The van der Waals surface area contributed by atoms with Crippen molar-refractivity contribution in [3.63, 3.8) is 0 Å². The summed E-state index contributed by atoms with van der Waals surface area (Å²) in [6, 6.07) is 0. The van der Waals surface area contributed by atoms with Gasteiger partial charge in [-0.3, -0.25) is 15.1 Å². The largest absolute Gasteiger partial charge is 0.342 e. The number of amides is 1. The Balaban J connectivity index is 1.34. The maximum absolute atomic E-state index is 12.7. The van der Waals surface area contributed by atoms with Crippen molar-refractivity contribution in [2.75, 3.05) is 30.5 Å². The maximum atomic E-state index is 12.7. The Morgan fingerprint density at radius 2 is 2.13 bits per heavy atom. The Kier molecular flexibility index (Phi) is 4.78. The molecule has 0 bridgehead atoms. The van der Waals surface area contributed by atoms with Crippen LogP contribution in [0.2, 0.25) is 0 Å². The summed E-state index contributed by atoms with van der Waals surface area (Å²) in [5, 5.41) is 16.7. The second-order valence-corrected chi connectivity index (χ2v) is 10.8. The lowest BCUT2D eigenvalue weighted by molar-refractivity contribution is -0.129. The van der Waals surface area contributed by atoms with Crippen LogP contribution < -0.4 is 15.8 Å². The normalized spacial score (nSPS) is 25.0. The minimum Gasteiger partial charge on any atom is -0.342 e. The number of likely N-dealkylation sites (tertiary alicyclic amines) is 1. The third-order valence-electron chi connectivity index (χ3n) is 6.67. The first-order valence-electron chi connectivity index (χ1n) is 11.0. The van der Waals surface area contributed by atoms with Crippen LogP contribution in [-0.4, -0.2) is 51.1 Å². The van der Waals surface area contributed by atoms with Gasteiger partial charge in [-0.1, -0.05) is 18.7 Å². The highest BCUT2D eigenvalue weighted by Gasteiger charge is 2.42. The number of hydrogen-bond donors (Lipinski definition) is 2. The maximum Gasteiger partial charge on any atom is 0.249 e. The molecular formula is C20H27N7OS2. The van der Waals surface area contributed by atoms with E-state index in [0.717, 1.165) is 55.8 Å². The fourth-order valence-corrected chi connectivity index (χ4v) is 7.36. The van der Waals surface area contributed by atoms with Gasteiger partial charge in [0.2, 0.25) is 11.9 Å². The molecule has 8 nitrogen and oxygen atoms in total. The zero-order chi connectivity index (χ0) is 20.2. The molecule has 5 heterocycles. The molecule has 0 spiro atoms. The highest BCUT2D eigenvalue weighted by molar-refractivity contribution is 7.99. The first-order chi connectivity index (χ1) is 14.7. The van der Waals surface area contributed by atoms with Crippen LogP contribution in [-0.2, 0) is 17.6 Å². The quantitative estimate of drug-likeness (QED) is 0.703. The molecule has 2 aromatic heterocycles. The molecule has 2 aromatic rings. The first kappa shape index (κ1) is 19.1. The molecule has 2 fully saturated rings. The van der Waals surface area contributed by atoms with E-state index in [9.17, 15) is 4.79 Å². The predicted octanol–water partition coefficient (Wildman–Crippen LogP) is 2.44. The van der Waals surface area contributed by atoms with E-state index < -0.39 is 0 Å². The van der Waals surface area contributed by atoms with E-state index in [-0.39, 0.29) is 12.1 Å². The van der Waals surface area contributed by atoms with Crippen LogP contribution in [0.25, 0.3) is 5.00 Å². The molecule has 2 saturated heterocycles. The second kappa shape index (κ2) is 7.51. The number of thiophene rings is 1. The van der Waals surface area contributed by atoms with Gasteiger partial charge in [-0.25, -0.2) is 9.99 Å². The van der Waals surface area contributed by atoms with Gasteiger partial charge in [0, 0.05) is 23.5 Å². The molecule has 0 aromatic carbocycles. The Labute approximate surface area is 184 Å². The van der Waals surface area contributed by atoms with Crippen LogP contribution in [0.5, 0.6) is 0 Å². The molecule has 0 saturated carbocycles. The van der Waals surface area contributed by atoms with Crippen molar-refractivity contribution in [2.24, 2.45) is 5.92 Å². The molecule has 4 aliphatic rings. The topological polar surface area (TPSA) is 78.3 Å². The van der Waals surface area contributed by atoms with Crippen molar-refractivity contribution in [2.45, 2.75) is 56.8 Å². The molecule has 6 rings (SSSR count). The monoisotopic (exact) mass is 445 g/mol. The third kappa shape index (κ3) is 2.99. The van der Waals surface area contributed by atoms with E-state index in [1.165, 1.54) is 45.6 Å². The first-order valence-corrected chi connectivity index (χ1v) is 12.8. The molecule has 2 N–H and O–H groups in total. The van der Waals surface area contributed by atoms with Crippen molar-refractivity contribution >= 4 is 35.0 Å². The van der Waals surface area contributed by atoms with Crippen molar-refractivity contribution in [3.8, 4) is 5.00 Å². The predicted molar refractivity (Wildman–Crippen MR) is 118 cm³/mol. The summed E-state index contributed by atoms with van der Waals surface area (Å²) in [5.74, 6) is 2.17. The standard InChI is InChI=1S/C20H27N7OS2/c1-12-5-6-14-13(9-12)16-17-21-11-22-27(17)19-23-24-20(26(19)18(16)30-14)29-10-15(28)25-7-3-2-4-8-25/h12,17,21-22H,2-11H2,1H3/t12-,17?/m0/s1. The van der Waals surface area contributed by atoms with Gasteiger partial charge in [0.15, 0.2) is 5.16 Å². The molecule has 30 heavy (non-hydrogen) atoms. The molecule has 1 unspecified atom stereocenters. The summed E-state index contributed by atoms with van der Waals surface area (Å²) in [7, 11) is 0. The van der Waals surface area contributed by atoms with Gasteiger partial charge in [0.05, 0.1) is 12.4 Å². The number of rotatable bonds is 3. The Morgan fingerprint density at radius 1 is 1.27 bits per heavy atom. The number of hydrazine groups is 1. The number of nitrogens with one attached hydrogen (secondary N) is 2. The lowest BCUT2D eigenvalue weighted by atomic mass is 9.87. The highest BCUT2D eigenvalue weighted by Crippen LogP contribution is 2.48. The van der Waals surface area contributed by atoms with Crippen LogP contribution in [0.15, 0.2) is 5.16 Å². The molecule has 160 valence electrons. The summed E-state index contributed by atoms with van der Waals surface area (Å²) in [4.78, 5) is 16.2. The van der Waals surface area contributed by atoms with Crippen LogP contribution in [0.1, 0.15) is 54.8 Å². The van der Waals surface area contributed by atoms with Crippen LogP contribution >= 0.6 is 23.1 Å². The number of aryl methyl sites for hydroxylation is 1. The number of anilines is 1. The van der Waals surface area contributed by atoms with E-state index in [1.54, 1.807) is 0 Å². The number of nitrogens with zero attached hydrogens (tertiary/aromatic N) is 5. The van der Waals surface area contributed by atoms with E-state index in [0.29, 0.717) is 12.4 Å². The minimum atomic E-state index is 0.106. The number of fused-ring (bicyclic) bond motifs is 8. The van der Waals surface area contributed by atoms with Gasteiger partial charge >= 0.3 is 0 Å². The second-order valence-electron chi connectivity index (χ2n) is 8.73. The fraction of sp³-hybridized carbons (Fsp3) is 0.650. The number of carbonyl (C=O) groups is 1. The van der Waals surface area contributed by atoms with Gasteiger partial charge < -0.3 is 4.90 Å². The number of thioether (sulfide) groups is 1. The van der Waals surface area contributed by atoms with Crippen LogP contribution in [0.4, 0.5) is 5.95 Å². The van der Waals surface area contributed by atoms with Gasteiger partial charge in [0.1, 0.15) is 11.2 Å². The average molecular weight is 446 g/mol. The van der Waals surface area contributed by atoms with E-state index >= 15 is 0 Å². The van der Waals surface area contributed by atoms with Gasteiger partial charge in [-0.2, -0.15) is 0 Å². The van der Waals surface area contributed by atoms with Crippen molar-refractivity contribution in [1.82, 2.24) is 30.4 Å². The van der Waals surface area contributed by atoms with E-state index in [1.807, 2.05) is 16.2 Å². The molecular weight excluding hydrogens is 418 g/mol. The summed E-state index contributed by atoms with van der Waals surface area (Å²) < 4.78 is 2.17. The van der Waals surface area contributed by atoms with Gasteiger partial charge in [-0.15, -0.1) is 21.5 Å². The summed E-state index contributed by atoms with van der Waals surface area (Å²) >= 11 is 3.41. The summed E-state index contributed by atoms with van der Waals surface area (Å²) in [6.07, 6.45) is 7.13. The SMILES string of the molecule is C[C@H]1CCc2sc3c(c2C1)C1NCNN1c1nnc(SCC(=O)N2CCCCC2)n1-3. The molecule has 1 aliphatic carbocycles. The van der Waals surface area contributed by atoms with Crippen molar-refractivity contribution in [1.29, 1.82) is 0 Å². The fourth-order valence-electron chi connectivity index (χ4n) is 5.09. The number of piperidine rings is 1. The molecule has 3 aliphatic heterocycles. The molecule has 10 heteroatoms. The number of aromatic nitrogens is 3. The Hall–Kier alpha value is -1.62. The smallest absolute Gasteiger partial charge is 0.249 e. The number of hydrogen-bond acceptors (Lipinski definition) is 8. The highest BCUT2D eigenvalue weighted by atomic mass is 32.2. The Bertz CT molecular complexity index is 980. The van der Waals surface area contributed by atoms with E-state index in [2.05, 4.69) is 37.4 Å². The van der Waals surface area contributed by atoms with Crippen LogP contribution in [0, 0.1) is 5.92 Å². The van der Waals surface area contributed by atoms with Gasteiger partial charge in [0.25, 0.3) is 0 Å². The minimum absolute atomic E-state index is 0.106. The molecule has 2 atom stereocenters. The van der Waals surface area contributed by atoms with Crippen molar-refractivity contribution in [3.05, 3.63) is 16.0 Å². The summed E-state index contributed by atoms with van der Waals surface area (Å²) in [5.41, 5.74) is 6.30. The number of carbonyl (C=O) groups excluding carboxylic acids is 1. The van der Waals surface area contributed by atoms with Crippen LogP contribution in [0.3, 0.4) is 0 Å². The van der Waals surface area contributed by atoms with Crippen molar-refractivity contribution < 1.29 is 4.79 Å². The Morgan fingerprint density at radius 3 is 3.00 bits per heavy atom. The van der Waals surface area contributed by atoms with E-state index in [4.69, 9.17) is 0 Å². The molecule has 0 radical (unpaired) electrons. The zero-order valence-electron chi connectivity index (χ0n) is 17.2. The lowest BCUT2D eigenvalue weighted by Crippen LogP contribution is -2.39. The average Bonchev–Trinajstić information content (AvgIpc) is 3.48. The third-order valence-corrected chi connectivity index (χ3v) is 8.88. The zero-order valence-corrected chi connectivity index (χ0v) is 18.8. The van der Waals surface area contributed by atoms with Gasteiger partial charge in [-0.05, 0) is 50.0 Å². The lowest BCUT2D eigenvalue weighted by Gasteiger charge is -2.31.